The lowest BCUT2D eigenvalue weighted by Crippen LogP contribution is -2.26. The molecule has 1 aliphatic rings. The Bertz CT molecular complexity index is 465. The lowest BCUT2D eigenvalue weighted by molar-refractivity contribution is -0.131. The maximum atomic E-state index is 10.6. The molecule has 0 amide bonds. The van der Waals surface area contributed by atoms with Gasteiger partial charge in [-0.3, -0.25) is 0 Å². The molecule has 0 bridgehead atoms. The number of rotatable bonds is 4. The molecule has 0 fully saturated rings. The van der Waals surface area contributed by atoms with Gasteiger partial charge in [-0.2, -0.15) is 0 Å². The molecule has 3 heteroatoms. The van der Waals surface area contributed by atoms with Crippen molar-refractivity contribution in [3.8, 4) is 0 Å². The summed E-state index contributed by atoms with van der Waals surface area (Å²) < 4.78 is 0. The Morgan fingerprint density at radius 2 is 2.28 bits per heavy atom. The van der Waals surface area contributed by atoms with Gasteiger partial charge in [-0.1, -0.05) is 29.8 Å². The summed E-state index contributed by atoms with van der Waals surface area (Å²) in [5, 5.41) is 12.1. The molecule has 3 nitrogen and oxygen atoms in total. The number of carboxylic acid groups (broad SMARTS) is 1. The summed E-state index contributed by atoms with van der Waals surface area (Å²) in [6.07, 6.45) is 4.73. The quantitative estimate of drug-likeness (QED) is 0.802. The van der Waals surface area contributed by atoms with Gasteiger partial charge in [0, 0.05) is 18.7 Å². The Balaban J connectivity index is 2.01. The average Bonchev–Trinajstić information content (AvgIpc) is 2.35. The number of benzene rings is 1. The largest absolute Gasteiger partial charge is 0.478 e. The highest BCUT2D eigenvalue weighted by Crippen LogP contribution is 2.29. The maximum Gasteiger partial charge on any atom is 0.328 e. The Kier molecular flexibility index (Phi) is 4.15. The third-order valence-electron chi connectivity index (χ3n) is 3.37. The van der Waals surface area contributed by atoms with Crippen LogP contribution >= 0.6 is 0 Å². The standard InChI is InChI=1S/C15H19NO2/c1-11(9-15(17)18)10-16-14-8-4-6-12-5-2-3-7-13(12)14/h2-3,5,7,9,14,16H,4,6,8,10H2,1H3,(H,17,18)/b11-9-. The number of aryl methyl sites for hydroxylation is 1. The second-order valence-corrected chi connectivity index (χ2v) is 4.85. The Morgan fingerprint density at radius 1 is 1.50 bits per heavy atom. The zero-order valence-electron chi connectivity index (χ0n) is 10.6. The van der Waals surface area contributed by atoms with Gasteiger partial charge in [-0.25, -0.2) is 4.79 Å². The minimum absolute atomic E-state index is 0.354. The van der Waals surface area contributed by atoms with Gasteiger partial charge >= 0.3 is 5.97 Å². The molecule has 96 valence electrons. The van der Waals surface area contributed by atoms with Crippen molar-refractivity contribution >= 4 is 5.97 Å². The molecule has 2 rings (SSSR count). The second kappa shape index (κ2) is 5.83. The Labute approximate surface area is 108 Å². The number of aliphatic carboxylic acids is 1. The van der Waals surface area contributed by atoms with Crippen molar-refractivity contribution in [3.05, 3.63) is 47.0 Å². The first kappa shape index (κ1) is 12.8. The highest BCUT2D eigenvalue weighted by Gasteiger charge is 2.18. The van der Waals surface area contributed by atoms with Crippen LogP contribution in [-0.2, 0) is 11.2 Å². The summed E-state index contributed by atoms with van der Waals surface area (Å²) in [5.74, 6) is -0.877. The lowest BCUT2D eigenvalue weighted by atomic mass is 9.87. The fourth-order valence-electron chi connectivity index (χ4n) is 2.51. The minimum Gasteiger partial charge on any atom is -0.478 e. The molecule has 1 unspecified atom stereocenters. The zero-order valence-corrected chi connectivity index (χ0v) is 10.6. The van der Waals surface area contributed by atoms with Gasteiger partial charge in [-0.15, -0.1) is 0 Å². The number of hydrogen-bond donors (Lipinski definition) is 2. The van der Waals surface area contributed by atoms with Crippen molar-refractivity contribution in [2.45, 2.75) is 32.2 Å². The van der Waals surface area contributed by atoms with E-state index in [1.165, 1.54) is 23.6 Å². The summed E-state index contributed by atoms with van der Waals surface area (Å²) >= 11 is 0. The van der Waals surface area contributed by atoms with Gasteiger partial charge in [0.1, 0.15) is 0 Å². The number of nitrogens with one attached hydrogen (secondary N) is 1. The van der Waals surface area contributed by atoms with Crippen molar-refractivity contribution in [2.24, 2.45) is 0 Å². The first-order valence-corrected chi connectivity index (χ1v) is 6.38. The first-order valence-electron chi connectivity index (χ1n) is 6.38. The van der Waals surface area contributed by atoms with E-state index in [1.54, 1.807) is 0 Å². The number of carbonyl (C=O) groups is 1. The van der Waals surface area contributed by atoms with Gasteiger partial charge in [-0.05, 0) is 37.3 Å². The van der Waals surface area contributed by atoms with Gasteiger partial charge in [0.2, 0.25) is 0 Å². The molecule has 2 N–H and O–H groups in total. The molecule has 0 aromatic heterocycles. The van der Waals surface area contributed by atoms with E-state index in [0.717, 1.165) is 18.4 Å². The van der Waals surface area contributed by atoms with Crippen molar-refractivity contribution in [1.82, 2.24) is 5.32 Å². The fourth-order valence-corrected chi connectivity index (χ4v) is 2.51. The molecule has 0 heterocycles. The molecule has 0 saturated heterocycles. The van der Waals surface area contributed by atoms with Crippen molar-refractivity contribution < 1.29 is 9.90 Å². The number of carboxylic acids is 1. The molecule has 1 atom stereocenters. The highest BCUT2D eigenvalue weighted by molar-refractivity contribution is 5.80. The average molecular weight is 245 g/mol. The van der Waals surface area contributed by atoms with Gasteiger partial charge < -0.3 is 10.4 Å². The van der Waals surface area contributed by atoms with Crippen LogP contribution in [0.15, 0.2) is 35.9 Å². The molecule has 0 radical (unpaired) electrons. The Hall–Kier alpha value is -1.61. The molecule has 1 aromatic carbocycles. The van der Waals surface area contributed by atoms with Crippen molar-refractivity contribution in [1.29, 1.82) is 0 Å². The normalized spacial score (nSPS) is 19.4. The maximum absolute atomic E-state index is 10.6. The molecular weight excluding hydrogens is 226 g/mol. The van der Waals surface area contributed by atoms with Crippen molar-refractivity contribution in [3.63, 3.8) is 0 Å². The van der Waals surface area contributed by atoms with Crippen LogP contribution in [0.25, 0.3) is 0 Å². The molecule has 1 aliphatic carbocycles. The van der Waals surface area contributed by atoms with Crippen LogP contribution in [0.5, 0.6) is 0 Å². The predicted molar refractivity (Wildman–Crippen MR) is 71.5 cm³/mol. The summed E-state index contributed by atoms with van der Waals surface area (Å²) in [7, 11) is 0. The van der Waals surface area contributed by atoms with E-state index in [4.69, 9.17) is 5.11 Å². The van der Waals surface area contributed by atoms with Gasteiger partial charge in [0.25, 0.3) is 0 Å². The summed E-state index contributed by atoms with van der Waals surface area (Å²) in [6.45, 7) is 2.47. The van der Waals surface area contributed by atoms with Crippen LogP contribution in [0.1, 0.15) is 36.9 Å². The third kappa shape index (κ3) is 3.20. The molecule has 0 spiro atoms. The van der Waals surface area contributed by atoms with Crippen LogP contribution in [-0.4, -0.2) is 17.6 Å². The lowest BCUT2D eigenvalue weighted by Gasteiger charge is -2.26. The van der Waals surface area contributed by atoms with Gasteiger partial charge in [0.15, 0.2) is 0 Å². The smallest absolute Gasteiger partial charge is 0.328 e. The SMILES string of the molecule is C/C(=C/C(=O)O)CNC1CCCc2ccccc21. The van der Waals surface area contributed by atoms with E-state index in [1.807, 2.05) is 6.92 Å². The topological polar surface area (TPSA) is 49.3 Å². The predicted octanol–water partition coefficient (Wildman–Crippen LogP) is 2.68. The molecule has 1 aromatic rings. The number of fused-ring (bicyclic) bond motifs is 1. The second-order valence-electron chi connectivity index (χ2n) is 4.85. The van der Waals surface area contributed by atoms with E-state index in [-0.39, 0.29) is 0 Å². The van der Waals surface area contributed by atoms with E-state index in [9.17, 15) is 4.79 Å². The monoisotopic (exact) mass is 245 g/mol. The van der Waals surface area contributed by atoms with Crippen LogP contribution in [0.4, 0.5) is 0 Å². The summed E-state index contributed by atoms with van der Waals surface area (Å²) in [5.41, 5.74) is 3.64. The molecular formula is C15H19NO2. The summed E-state index contributed by atoms with van der Waals surface area (Å²) in [6, 6.07) is 8.85. The number of hydrogen-bond acceptors (Lipinski definition) is 2. The molecule has 0 aliphatic heterocycles. The summed E-state index contributed by atoms with van der Waals surface area (Å²) in [4.78, 5) is 10.6. The van der Waals surface area contributed by atoms with E-state index >= 15 is 0 Å². The third-order valence-corrected chi connectivity index (χ3v) is 3.37. The van der Waals surface area contributed by atoms with E-state index in [0.29, 0.717) is 12.6 Å². The van der Waals surface area contributed by atoms with Crippen LogP contribution in [0.2, 0.25) is 0 Å². The van der Waals surface area contributed by atoms with Crippen LogP contribution in [0.3, 0.4) is 0 Å². The Morgan fingerprint density at radius 3 is 3.06 bits per heavy atom. The first-order chi connectivity index (χ1) is 8.66. The highest BCUT2D eigenvalue weighted by atomic mass is 16.4. The van der Waals surface area contributed by atoms with Crippen LogP contribution in [0, 0.1) is 0 Å². The van der Waals surface area contributed by atoms with E-state index < -0.39 is 5.97 Å². The fraction of sp³-hybridized carbons (Fsp3) is 0.400. The van der Waals surface area contributed by atoms with Crippen molar-refractivity contribution in [2.75, 3.05) is 6.54 Å². The minimum atomic E-state index is -0.877. The van der Waals surface area contributed by atoms with Crippen LogP contribution < -0.4 is 5.32 Å². The van der Waals surface area contributed by atoms with Gasteiger partial charge in [0.05, 0.1) is 0 Å². The molecule has 18 heavy (non-hydrogen) atoms. The molecule has 0 saturated carbocycles. The van der Waals surface area contributed by atoms with E-state index in [2.05, 4.69) is 29.6 Å². The zero-order chi connectivity index (χ0) is 13.0.